The van der Waals surface area contributed by atoms with E-state index in [1.807, 2.05) is 44.2 Å². The number of anilines is 2. The Morgan fingerprint density at radius 1 is 0.879 bits per heavy atom. The molecule has 0 aromatic heterocycles. The average molecular weight is 444 g/mol. The van der Waals surface area contributed by atoms with E-state index in [-0.39, 0.29) is 11.9 Å². The topological polar surface area (TPSA) is 36.0 Å². The number of piperazine rings is 1. The average Bonchev–Trinajstić information content (AvgIpc) is 2.88. The summed E-state index contributed by atoms with van der Waals surface area (Å²) in [6.07, 6.45) is 0.760. The lowest BCUT2D eigenvalue weighted by molar-refractivity contribution is -0.138. The van der Waals surface area contributed by atoms with Crippen LogP contribution in [0.5, 0.6) is 5.75 Å². The molecule has 1 aliphatic rings. The fourth-order valence-electron chi connectivity index (χ4n) is 4.06. The zero-order valence-electron chi connectivity index (χ0n) is 19.6. The van der Waals surface area contributed by atoms with Crippen molar-refractivity contribution in [3.63, 3.8) is 0 Å². The van der Waals surface area contributed by atoms with Crippen molar-refractivity contribution in [2.24, 2.45) is 5.92 Å². The summed E-state index contributed by atoms with van der Waals surface area (Å²) in [7, 11) is 0. The van der Waals surface area contributed by atoms with E-state index in [4.69, 9.17) is 4.74 Å². The molecule has 0 radical (unpaired) electrons. The number of rotatable bonds is 8. The van der Waals surface area contributed by atoms with E-state index in [1.54, 1.807) is 0 Å². The standard InChI is InChI=1S/C28H33N3O2/c1-3-23(2)28(32)33-27-17-11-10-16-26(27)31(22-24-12-6-4-7-13-24)30-20-18-29(19-21-30)25-14-8-5-9-15-25/h4-17,23H,3,18-22H2,1-2H3. The van der Waals surface area contributed by atoms with Gasteiger partial charge in [0.25, 0.3) is 0 Å². The summed E-state index contributed by atoms with van der Waals surface area (Å²) < 4.78 is 5.88. The van der Waals surface area contributed by atoms with Crippen LogP contribution in [0.4, 0.5) is 11.4 Å². The van der Waals surface area contributed by atoms with E-state index in [0.717, 1.165) is 38.3 Å². The van der Waals surface area contributed by atoms with E-state index in [9.17, 15) is 4.79 Å². The molecule has 0 spiro atoms. The van der Waals surface area contributed by atoms with Crippen molar-refractivity contribution in [3.8, 4) is 5.75 Å². The normalized spacial score (nSPS) is 15.2. The minimum atomic E-state index is -0.182. The van der Waals surface area contributed by atoms with Gasteiger partial charge in [-0.3, -0.25) is 9.80 Å². The van der Waals surface area contributed by atoms with Crippen LogP contribution in [-0.2, 0) is 11.3 Å². The van der Waals surface area contributed by atoms with E-state index in [1.165, 1.54) is 11.3 Å². The van der Waals surface area contributed by atoms with E-state index < -0.39 is 0 Å². The van der Waals surface area contributed by atoms with Crippen LogP contribution in [0.2, 0.25) is 0 Å². The lowest BCUT2D eigenvalue weighted by Gasteiger charge is -2.43. The number of esters is 1. The fourth-order valence-corrected chi connectivity index (χ4v) is 4.06. The highest BCUT2D eigenvalue weighted by Gasteiger charge is 2.26. The van der Waals surface area contributed by atoms with Crippen molar-refractivity contribution in [3.05, 3.63) is 90.5 Å². The summed E-state index contributed by atoms with van der Waals surface area (Å²) in [5.41, 5.74) is 3.40. The molecule has 5 nitrogen and oxygen atoms in total. The molecule has 0 aliphatic carbocycles. The maximum absolute atomic E-state index is 12.6. The molecular formula is C28H33N3O2. The third kappa shape index (κ3) is 5.74. The van der Waals surface area contributed by atoms with Crippen LogP contribution >= 0.6 is 0 Å². The zero-order valence-corrected chi connectivity index (χ0v) is 19.6. The zero-order chi connectivity index (χ0) is 23.0. The summed E-state index contributed by atoms with van der Waals surface area (Å²) in [5.74, 6) is 0.303. The second kappa shape index (κ2) is 11.0. The molecule has 0 N–H and O–H groups in total. The van der Waals surface area contributed by atoms with Gasteiger partial charge in [0.1, 0.15) is 0 Å². The summed E-state index contributed by atoms with van der Waals surface area (Å²) >= 11 is 0. The van der Waals surface area contributed by atoms with Crippen LogP contribution in [0.25, 0.3) is 0 Å². The molecular weight excluding hydrogens is 410 g/mol. The molecule has 1 atom stereocenters. The fraction of sp³-hybridized carbons (Fsp3) is 0.321. The third-order valence-electron chi connectivity index (χ3n) is 6.26. The van der Waals surface area contributed by atoms with E-state index in [2.05, 4.69) is 69.5 Å². The Hall–Kier alpha value is -3.31. The number of benzene rings is 3. The minimum Gasteiger partial charge on any atom is -0.424 e. The van der Waals surface area contributed by atoms with Crippen molar-refractivity contribution in [1.82, 2.24) is 5.01 Å². The van der Waals surface area contributed by atoms with Gasteiger partial charge in [0.05, 0.1) is 18.2 Å². The van der Waals surface area contributed by atoms with Gasteiger partial charge in [-0.2, -0.15) is 0 Å². The highest BCUT2D eigenvalue weighted by molar-refractivity contribution is 5.77. The Morgan fingerprint density at radius 3 is 2.15 bits per heavy atom. The summed E-state index contributed by atoms with van der Waals surface area (Å²) in [6.45, 7) is 8.27. The molecule has 1 unspecified atom stereocenters. The van der Waals surface area contributed by atoms with Crippen molar-refractivity contribution < 1.29 is 9.53 Å². The lowest BCUT2D eigenvalue weighted by atomic mass is 10.1. The summed E-state index contributed by atoms with van der Waals surface area (Å²) in [4.78, 5) is 15.0. The second-order valence-corrected chi connectivity index (χ2v) is 8.52. The van der Waals surface area contributed by atoms with Gasteiger partial charge in [0, 0.05) is 31.9 Å². The maximum Gasteiger partial charge on any atom is 0.314 e. The molecule has 1 saturated heterocycles. The predicted molar refractivity (Wildman–Crippen MR) is 134 cm³/mol. The number of hydrogen-bond donors (Lipinski definition) is 0. The number of carbonyl (C=O) groups excluding carboxylic acids is 1. The predicted octanol–water partition coefficient (Wildman–Crippen LogP) is 5.38. The molecule has 0 amide bonds. The van der Waals surface area contributed by atoms with Crippen LogP contribution in [0, 0.1) is 5.92 Å². The third-order valence-corrected chi connectivity index (χ3v) is 6.26. The molecule has 1 fully saturated rings. The number of carbonyl (C=O) groups is 1. The van der Waals surface area contributed by atoms with Crippen molar-refractivity contribution in [1.29, 1.82) is 0 Å². The van der Waals surface area contributed by atoms with Gasteiger partial charge in [0.15, 0.2) is 5.75 Å². The lowest BCUT2D eigenvalue weighted by Crippen LogP contribution is -2.54. The van der Waals surface area contributed by atoms with Crippen LogP contribution in [-0.4, -0.2) is 37.2 Å². The first kappa shape index (κ1) is 22.9. The molecule has 0 bridgehead atoms. The second-order valence-electron chi connectivity index (χ2n) is 8.52. The van der Waals surface area contributed by atoms with Gasteiger partial charge in [-0.25, -0.2) is 5.01 Å². The molecule has 5 heteroatoms. The molecule has 4 rings (SSSR count). The quantitative estimate of drug-likeness (QED) is 0.345. The SMILES string of the molecule is CCC(C)C(=O)Oc1ccccc1N(Cc1ccccc1)N1CCN(c2ccccc2)CC1. The van der Waals surface area contributed by atoms with Gasteiger partial charge in [0.2, 0.25) is 0 Å². The van der Waals surface area contributed by atoms with Crippen LogP contribution in [0.15, 0.2) is 84.9 Å². The highest BCUT2D eigenvalue weighted by atomic mass is 16.5. The molecule has 1 aliphatic heterocycles. The monoisotopic (exact) mass is 443 g/mol. The van der Waals surface area contributed by atoms with Gasteiger partial charge >= 0.3 is 5.97 Å². The maximum atomic E-state index is 12.6. The highest BCUT2D eigenvalue weighted by Crippen LogP contribution is 2.32. The Balaban J connectivity index is 1.58. The minimum absolute atomic E-state index is 0.130. The Morgan fingerprint density at radius 2 is 1.48 bits per heavy atom. The first-order valence-corrected chi connectivity index (χ1v) is 11.8. The number of nitrogens with zero attached hydrogens (tertiary/aromatic N) is 3. The van der Waals surface area contributed by atoms with E-state index in [0.29, 0.717) is 12.3 Å². The number of hydrogen-bond acceptors (Lipinski definition) is 5. The number of hydrazine groups is 1. The molecule has 3 aromatic carbocycles. The summed E-state index contributed by atoms with van der Waals surface area (Å²) in [6, 6.07) is 28.9. The van der Waals surface area contributed by atoms with Gasteiger partial charge < -0.3 is 9.64 Å². The Labute approximate surface area is 197 Å². The molecule has 3 aromatic rings. The molecule has 1 heterocycles. The van der Waals surface area contributed by atoms with Gasteiger partial charge in [-0.1, -0.05) is 74.5 Å². The van der Waals surface area contributed by atoms with Crippen LogP contribution in [0.1, 0.15) is 25.8 Å². The van der Waals surface area contributed by atoms with Gasteiger partial charge in [-0.05, 0) is 36.2 Å². The van der Waals surface area contributed by atoms with Crippen molar-refractivity contribution >= 4 is 17.3 Å². The first-order chi connectivity index (χ1) is 16.2. The first-order valence-electron chi connectivity index (χ1n) is 11.8. The molecule has 0 saturated carbocycles. The Bertz CT molecular complexity index is 1020. The largest absolute Gasteiger partial charge is 0.424 e. The number of para-hydroxylation sites is 3. The van der Waals surface area contributed by atoms with Crippen molar-refractivity contribution in [2.45, 2.75) is 26.8 Å². The molecule has 33 heavy (non-hydrogen) atoms. The Kier molecular flexibility index (Phi) is 7.63. The van der Waals surface area contributed by atoms with Gasteiger partial charge in [-0.15, -0.1) is 0 Å². The van der Waals surface area contributed by atoms with Crippen molar-refractivity contribution in [2.75, 3.05) is 36.1 Å². The smallest absolute Gasteiger partial charge is 0.314 e. The van der Waals surface area contributed by atoms with Crippen LogP contribution in [0.3, 0.4) is 0 Å². The molecule has 172 valence electrons. The summed E-state index contributed by atoms with van der Waals surface area (Å²) in [5, 5.41) is 4.65. The number of ether oxygens (including phenoxy) is 1. The van der Waals surface area contributed by atoms with E-state index >= 15 is 0 Å². The van der Waals surface area contributed by atoms with Crippen LogP contribution < -0.4 is 14.6 Å².